The van der Waals surface area contributed by atoms with Crippen molar-refractivity contribution < 1.29 is 19.4 Å². The molecule has 0 aromatic rings. The van der Waals surface area contributed by atoms with Gasteiger partial charge < -0.3 is 25.0 Å². The highest BCUT2D eigenvalue weighted by atomic mass is 16.5. The molecule has 0 bridgehead atoms. The number of carboxylic acid groups (broad SMARTS) is 1. The molecule has 2 N–H and O–H groups in total. The maximum atomic E-state index is 12.1. The van der Waals surface area contributed by atoms with E-state index in [-0.39, 0.29) is 18.5 Å². The van der Waals surface area contributed by atoms with Crippen LogP contribution in [0.25, 0.3) is 0 Å². The Kier molecular flexibility index (Phi) is 5.60. The molecule has 2 rings (SSSR count). The lowest BCUT2D eigenvalue weighted by Crippen LogP contribution is -2.53. The Bertz CT molecular complexity index is 345. The molecule has 2 aliphatic rings. The lowest BCUT2D eigenvalue weighted by molar-refractivity contribution is -0.139. The molecule has 0 saturated carbocycles. The average Bonchev–Trinajstić information content (AvgIpc) is 2.91. The predicted molar refractivity (Wildman–Crippen MR) is 72.6 cm³/mol. The van der Waals surface area contributed by atoms with E-state index in [1.807, 2.05) is 0 Å². The fraction of sp³-hybridized carbons (Fsp3) is 0.846. The largest absolute Gasteiger partial charge is 0.481 e. The summed E-state index contributed by atoms with van der Waals surface area (Å²) in [5.74, 6) is -0.907. The van der Waals surface area contributed by atoms with Gasteiger partial charge in [0.2, 0.25) is 0 Å². The Balaban J connectivity index is 1.74. The van der Waals surface area contributed by atoms with Crippen LogP contribution in [0, 0.1) is 0 Å². The van der Waals surface area contributed by atoms with Gasteiger partial charge in [0, 0.05) is 19.6 Å². The first-order valence-electron chi connectivity index (χ1n) is 7.23. The third-order valence-corrected chi connectivity index (χ3v) is 3.80. The van der Waals surface area contributed by atoms with Crippen LogP contribution in [0.1, 0.15) is 19.3 Å². The zero-order valence-corrected chi connectivity index (χ0v) is 11.7. The quantitative estimate of drug-likeness (QED) is 0.741. The van der Waals surface area contributed by atoms with E-state index in [1.54, 1.807) is 4.90 Å². The van der Waals surface area contributed by atoms with E-state index < -0.39 is 5.97 Å². The zero-order chi connectivity index (χ0) is 14.4. The number of nitrogens with one attached hydrogen (secondary N) is 1. The van der Waals surface area contributed by atoms with Gasteiger partial charge in [-0.3, -0.25) is 4.79 Å². The summed E-state index contributed by atoms with van der Waals surface area (Å²) in [5.41, 5.74) is 0. The minimum absolute atomic E-state index is 0.0699. The van der Waals surface area contributed by atoms with Crippen LogP contribution in [-0.4, -0.2) is 78.9 Å². The third-order valence-electron chi connectivity index (χ3n) is 3.80. The molecule has 0 aliphatic carbocycles. The highest BCUT2D eigenvalue weighted by Gasteiger charge is 2.29. The second kappa shape index (κ2) is 7.44. The standard InChI is InChI=1S/C13H23N3O4/c17-12(18)9-11-10-20-8-7-16(11)13(19)14-3-6-15-4-1-2-5-15/h11H,1-10H2,(H,14,19)(H,17,18). The SMILES string of the molecule is O=C(O)CC1COCCN1C(=O)NCCN1CCCC1. The highest BCUT2D eigenvalue weighted by Crippen LogP contribution is 2.11. The van der Waals surface area contributed by atoms with E-state index in [2.05, 4.69) is 10.2 Å². The number of morpholine rings is 1. The molecule has 1 unspecified atom stereocenters. The molecule has 0 aromatic carbocycles. The van der Waals surface area contributed by atoms with Gasteiger partial charge in [-0.05, 0) is 25.9 Å². The van der Waals surface area contributed by atoms with Crippen molar-refractivity contribution in [2.24, 2.45) is 0 Å². The van der Waals surface area contributed by atoms with Crippen LogP contribution in [0.2, 0.25) is 0 Å². The topological polar surface area (TPSA) is 82.1 Å². The van der Waals surface area contributed by atoms with Crippen molar-refractivity contribution in [2.75, 3.05) is 45.9 Å². The van der Waals surface area contributed by atoms with Gasteiger partial charge in [0.1, 0.15) is 0 Å². The Hall–Kier alpha value is -1.34. The molecule has 114 valence electrons. The number of rotatable bonds is 5. The molecule has 0 radical (unpaired) electrons. The monoisotopic (exact) mass is 285 g/mol. The molecule has 2 amide bonds. The first-order valence-corrected chi connectivity index (χ1v) is 7.23. The van der Waals surface area contributed by atoms with Crippen molar-refractivity contribution in [3.05, 3.63) is 0 Å². The number of amides is 2. The van der Waals surface area contributed by atoms with Gasteiger partial charge in [-0.25, -0.2) is 4.79 Å². The van der Waals surface area contributed by atoms with Crippen LogP contribution in [0.4, 0.5) is 4.79 Å². The second-order valence-electron chi connectivity index (χ2n) is 5.30. The minimum atomic E-state index is -0.907. The number of urea groups is 1. The van der Waals surface area contributed by atoms with Crippen molar-refractivity contribution in [3.8, 4) is 0 Å². The summed E-state index contributed by atoms with van der Waals surface area (Å²) < 4.78 is 5.26. The van der Waals surface area contributed by atoms with Crippen molar-refractivity contribution in [1.82, 2.24) is 15.1 Å². The van der Waals surface area contributed by atoms with E-state index in [0.29, 0.717) is 26.3 Å². The average molecular weight is 285 g/mol. The zero-order valence-electron chi connectivity index (χ0n) is 11.7. The lowest BCUT2D eigenvalue weighted by atomic mass is 10.1. The van der Waals surface area contributed by atoms with E-state index in [4.69, 9.17) is 9.84 Å². The molecular weight excluding hydrogens is 262 g/mol. The van der Waals surface area contributed by atoms with Gasteiger partial charge in [0.15, 0.2) is 0 Å². The molecule has 7 nitrogen and oxygen atoms in total. The lowest BCUT2D eigenvalue weighted by Gasteiger charge is -2.34. The molecule has 2 saturated heterocycles. The number of carboxylic acids is 1. The van der Waals surface area contributed by atoms with E-state index in [1.165, 1.54) is 12.8 Å². The molecule has 7 heteroatoms. The summed E-state index contributed by atoms with van der Waals surface area (Å²) in [4.78, 5) is 26.8. The van der Waals surface area contributed by atoms with Gasteiger partial charge >= 0.3 is 12.0 Å². The fourth-order valence-corrected chi connectivity index (χ4v) is 2.72. The summed E-state index contributed by atoms with van der Waals surface area (Å²) >= 11 is 0. The van der Waals surface area contributed by atoms with Crippen molar-refractivity contribution >= 4 is 12.0 Å². The van der Waals surface area contributed by atoms with E-state index >= 15 is 0 Å². The first kappa shape index (κ1) is 15.1. The molecule has 2 fully saturated rings. The number of hydrogen-bond donors (Lipinski definition) is 2. The van der Waals surface area contributed by atoms with E-state index in [9.17, 15) is 9.59 Å². The van der Waals surface area contributed by atoms with Gasteiger partial charge in [0.05, 0.1) is 25.7 Å². The number of ether oxygens (including phenoxy) is 1. The molecule has 2 aliphatic heterocycles. The Morgan fingerprint density at radius 1 is 1.25 bits per heavy atom. The summed E-state index contributed by atoms with van der Waals surface area (Å²) in [6.07, 6.45) is 2.40. The van der Waals surface area contributed by atoms with Crippen LogP contribution in [0.15, 0.2) is 0 Å². The number of likely N-dealkylation sites (tertiary alicyclic amines) is 1. The molecule has 0 spiro atoms. The molecular formula is C13H23N3O4. The number of hydrogen-bond acceptors (Lipinski definition) is 4. The van der Waals surface area contributed by atoms with Gasteiger partial charge in [0.25, 0.3) is 0 Å². The van der Waals surface area contributed by atoms with Crippen molar-refractivity contribution in [1.29, 1.82) is 0 Å². The summed E-state index contributed by atoms with van der Waals surface area (Å²) in [7, 11) is 0. The second-order valence-corrected chi connectivity index (χ2v) is 5.30. The Labute approximate surface area is 118 Å². The Morgan fingerprint density at radius 2 is 2.00 bits per heavy atom. The normalized spacial score (nSPS) is 23.8. The molecule has 0 aromatic heterocycles. The van der Waals surface area contributed by atoms with E-state index in [0.717, 1.165) is 19.6 Å². The van der Waals surface area contributed by atoms with Crippen LogP contribution in [0.5, 0.6) is 0 Å². The van der Waals surface area contributed by atoms with Gasteiger partial charge in [-0.2, -0.15) is 0 Å². The summed E-state index contributed by atoms with van der Waals surface area (Å²) in [6, 6.07) is -0.549. The van der Waals surface area contributed by atoms with Crippen molar-refractivity contribution in [2.45, 2.75) is 25.3 Å². The fourth-order valence-electron chi connectivity index (χ4n) is 2.72. The highest BCUT2D eigenvalue weighted by molar-refractivity contribution is 5.76. The smallest absolute Gasteiger partial charge is 0.317 e. The molecule has 2 heterocycles. The first-order chi connectivity index (χ1) is 9.66. The van der Waals surface area contributed by atoms with Crippen LogP contribution < -0.4 is 5.32 Å². The Morgan fingerprint density at radius 3 is 2.70 bits per heavy atom. The summed E-state index contributed by atoms with van der Waals surface area (Å²) in [5, 5.41) is 11.7. The maximum Gasteiger partial charge on any atom is 0.317 e. The molecule has 1 atom stereocenters. The molecule has 20 heavy (non-hydrogen) atoms. The predicted octanol–water partition coefficient (Wildman–Crippen LogP) is -0.0327. The third kappa shape index (κ3) is 4.35. The van der Waals surface area contributed by atoms with Crippen LogP contribution >= 0.6 is 0 Å². The summed E-state index contributed by atoms with van der Waals surface area (Å²) in [6.45, 7) is 4.90. The van der Waals surface area contributed by atoms with Crippen LogP contribution in [-0.2, 0) is 9.53 Å². The minimum Gasteiger partial charge on any atom is -0.481 e. The van der Waals surface area contributed by atoms with Crippen LogP contribution in [0.3, 0.4) is 0 Å². The van der Waals surface area contributed by atoms with Gasteiger partial charge in [-0.1, -0.05) is 0 Å². The number of carbonyl (C=O) groups is 2. The maximum absolute atomic E-state index is 12.1. The number of carbonyl (C=O) groups excluding carboxylic acids is 1. The van der Waals surface area contributed by atoms with Gasteiger partial charge in [-0.15, -0.1) is 0 Å². The number of nitrogens with zero attached hydrogens (tertiary/aromatic N) is 2. The van der Waals surface area contributed by atoms with Crippen molar-refractivity contribution in [3.63, 3.8) is 0 Å². The number of aliphatic carboxylic acids is 1.